The van der Waals surface area contributed by atoms with Crippen molar-refractivity contribution in [2.75, 3.05) is 95.7 Å². The van der Waals surface area contributed by atoms with Crippen molar-refractivity contribution in [2.24, 2.45) is 0 Å². The summed E-state index contributed by atoms with van der Waals surface area (Å²) in [7, 11) is 1.52. The molecule has 0 bridgehead atoms. The average Bonchev–Trinajstić information content (AvgIpc) is 3.67. The highest BCUT2D eigenvalue weighted by Gasteiger charge is 2.40. The minimum absolute atomic E-state index is 0.00793. The first kappa shape index (κ1) is 47.8. The summed E-state index contributed by atoms with van der Waals surface area (Å²) >= 11 is 7.55. The van der Waals surface area contributed by atoms with Gasteiger partial charge in [0.1, 0.15) is 36.4 Å². The zero-order chi connectivity index (χ0) is 46.9. The van der Waals surface area contributed by atoms with Crippen LogP contribution in [0.25, 0.3) is 10.9 Å². The van der Waals surface area contributed by atoms with E-state index in [0.29, 0.717) is 104 Å². The number of nitrogens with one attached hydrogen (secondary N) is 3. The van der Waals surface area contributed by atoms with Gasteiger partial charge in [-0.15, -0.1) is 11.8 Å². The lowest BCUT2D eigenvalue weighted by atomic mass is 10.0. The van der Waals surface area contributed by atoms with Gasteiger partial charge in [0.25, 0.3) is 5.91 Å². The van der Waals surface area contributed by atoms with Gasteiger partial charge in [-0.2, -0.15) is 0 Å². The molecule has 67 heavy (non-hydrogen) atoms. The van der Waals surface area contributed by atoms with Crippen molar-refractivity contribution in [3.05, 3.63) is 89.0 Å². The van der Waals surface area contributed by atoms with Gasteiger partial charge in [-0.1, -0.05) is 23.7 Å². The Morgan fingerprint density at radius 1 is 0.970 bits per heavy atom. The van der Waals surface area contributed by atoms with Crippen LogP contribution < -0.4 is 20.7 Å². The standard InChI is InChI=1S/C47H53ClFN9O8S/c1-64-40-26-37-33(45(51-29-50-37)52-30-7-8-36(49)35(48)24-30)25-38(40)53-42(59)6-3-13-55-14-11-31(12-15-55)56-16-18-57(19-17-56)44(61)28-66-21-20-65-22-23-67-41-5-2-4-32-34(41)27-58(47(32)63)39-9-10-43(60)54-46(39)62/h2-8,24-26,29,31,39H,9-23,27-28H2,1H3,(H,53,59)(H,50,51,52)(H,54,60,62)/b6-3+. The molecule has 1 atom stereocenters. The Labute approximate surface area is 396 Å². The predicted molar refractivity (Wildman–Crippen MR) is 251 cm³/mol. The lowest BCUT2D eigenvalue weighted by Gasteiger charge is -2.42. The van der Waals surface area contributed by atoms with Crippen LogP contribution in [0.15, 0.2) is 71.9 Å². The van der Waals surface area contributed by atoms with E-state index in [9.17, 15) is 28.4 Å². The zero-order valence-corrected chi connectivity index (χ0v) is 38.7. The summed E-state index contributed by atoms with van der Waals surface area (Å²) < 4.78 is 30.7. The number of rotatable bonds is 18. The first-order valence-electron chi connectivity index (χ1n) is 22.4. The number of carbonyl (C=O) groups is 5. The molecule has 3 fully saturated rings. The third-order valence-corrected chi connectivity index (χ3v) is 13.7. The van der Waals surface area contributed by atoms with Crippen LogP contribution in [-0.4, -0.2) is 156 Å². The molecule has 4 aliphatic rings. The Hall–Kier alpha value is -5.70. The molecular formula is C47H53ClFN9O8S. The lowest BCUT2D eigenvalue weighted by molar-refractivity contribution is -0.139. The Morgan fingerprint density at radius 3 is 2.55 bits per heavy atom. The van der Waals surface area contributed by atoms with Crippen LogP contribution in [0.5, 0.6) is 5.75 Å². The van der Waals surface area contributed by atoms with Crippen LogP contribution in [-0.2, 0) is 35.2 Å². The first-order chi connectivity index (χ1) is 32.5. The zero-order valence-electron chi connectivity index (χ0n) is 37.1. The maximum atomic E-state index is 13.7. The Balaban J connectivity index is 0.689. The van der Waals surface area contributed by atoms with Crippen molar-refractivity contribution in [3.8, 4) is 5.75 Å². The fourth-order valence-corrected chi connectivity index (χ4v) is 9.95. The van der Waals surface area contributed by atoms with Crippen LogP contribution in [0, 0.1) is 5.82 Å². The molecule has 20 heteroatoms. The molecule has 5 heterocycles. The monoisotopic (exact) mass is 957 g/mol. The van der Waals surface area contributed by atoms with Crippen LogP contribution in [0.1, 0.15) is 41.6 Å². The van der Waals surface area contributed by atoms with Gasteiger partial charge in [-0.05, 0) is 74.3 Å². The number of aromatic nitrogens is 2. The lowest BCUT2D eigenvalue weighted by Crippen LogP contribution is -2.54. The molecule has 0 spiro atoms. The molecule has 4 aromatic rings. The van der Waals surface area contributed by atoms with Crippen LogP contribution in [0.3, 0.4) is 0 Å². The number of carbonyl (C=O) groups excluding carboxylic acids is 5. The number of halogens is 2. The molecule has 0 aliphatic carbocycles. The number of hydrogen-bond donors (Lipinski definition) is 3. The van der Waals surface area contributed by atoms with E-state index >= 15 is 0 Å². The van der Waals surface area contributed by atoms with Gasteiger partial charge in [0.05, 0.1) is 43.2 Å². The molecular weight excluding hydrogens is 905 g/mol. The molecule has 3 aromatic carbocycles. The summed E-state index contributed by atoms with van der Waals surface area (Å²) in [4.78, 5) is 81.0. The normalized spacial score (nSPS) is 18.4. The molecule has 1 aromatic heterocycles. The molecule has 354 valence electrons. The largest absolute Gasteiger partial charge is 0.494 e. The number of piperidine rings is 2. The molecule has 4 aliphatic heterocycles. The van der Waals surface area contributed by atoms with E-state index in [-0.39, 0.29) is 41.7 Å². The quantitative estimate of drug-likeness (QED) is 0.0531. The molecule has 0 radical (unpaired) electrons. The number of nitrogens with zero attached hydrogens (tertiary/aromatic N) is 6. The molecule has 0 saturated carbocycles. The van der Waals surface area contributed by atoms with Gasteiger partial charge < -0.3 is 34.6 Å². The smallest absolute Gasteiger partial charge is 0.255 e. The van der Waals surface area contributed by atoms with E-state index in [2.05, 4.69) is 35.7 Å². The van der Waals surface area contributed by atoms with Gasteiger partial charge in [-0.25, -0.2) is 14.4 Å². The van der Waals surface area contributed by atoms with E-state index in [4.69, 9.17) is 25.8 Å². The van der Waals surface area contributed by atoms with Gasteiger partial charge >= 0.3 is 0 Å². The average molecular weight is 959 g/mol. The summed E-state index contributed by atoms with van der Waals surface area (Å²) in [5.74, 6) is -0.244. The minimum Gasteiger partial charge on any atom is -0.494 e. The molecule has 3 N–H and O–H groups in total. The first-order valence-corrected chi connectivity index (χ1v) is 23.7. The number of likely N-dealkylation sites (tertiary alicyclic amines) is 1. The van der Waals surface area contributed by atoms with E-state index < -0.39 is 17.8 Å². The summed E-state index contributed by atoms with van der Waals surface area (Å²) in [6, 6.07) is 13.1. The van der Waals surface area contributed by atoms with Crippen LogP contribution >= 0.6 is 23.4 Å². The minimum atomic E-state index is -0.649. The van der Waals surface area contributed by atoms with Gasteiger partial charge in [-0.3, -0.25) is 39.1 Å². The van der Waals surface area contributed by atoms with Crippen molar-refractivity contribution in [1.29, 1.82) is 0 Å². The van der Waals surface area contributed by atoms with Crippen LogP contribution in [0.4, 0.5) is 21.6 Å². The highest BCUT2D eigenvalue weighted by atomic mass is 35.5. The number of fused-ring (bicyclic) bond motifs is 2. The maximum Gasteiger partial charge on any atom is 0.255 e. The number of ether oxygens (including phenoxy) is 3. The number of anilines is 3. The molecule has 17 nitrogen and oxygen atoms in total. The second-order valence-corrected chi connectivity index (χ2v) is 18.1. The van der Waals surface area contributed by atoms with Crippen molar-refractivity contribution >= 4 is 81.0 Å². The third-order valence-electron chi connectivity index (χ3n) is 12.4. The Morgan fingerprint density at radius 2 is 1.78 bits per heavy atom. The van der Waals surface area contributed by atoms with Gasteiger partial charge in [0, 0.05) is 91.2 Å². The van der Waals surface area contributed by atoms with E-state index in [1.807, 2.05) is 23.1 Å². The number of thioether (sulfide) groups is 1. The fourth-order valence-electron chi connectivity index (χ4n) is 8.82. The number of benzene rings is 3. The van der Waals surface area contributed by atoms with E-state index in [0.717, 1.165) is 49.5 Å². The number of methoxy groups -OCH3 is 1. The summed E-state index contributed by atoms with van der Waals surface area (Å²) in [5.41, 5.74) is 3.05. The predicted octanol–water partition coefficient (Wildman–Crippen LogP) is 4.86. The molecule has 3 saturated heterocycles. The second-order valence-electron chi connectivity index (χ2n) is 16.6. The van der Waals surface area contributed by atoms with Crippen LogP contribution in [0.2, 0.25) is 5.02 Å². The molecule has 1 unspecified atom stereocenters. The summed E-state index contributed by atoms with van der Waals surface area (Å²) in [5, 5.41) is 8.99. The number of imide groups is 1. The topological polar surface area (TPSA) is 188 Å². The molecule has 5 amide bonds. The summed E-state index contributed by atoms with van der Waals surface area (Å²) in [6.45, 7) is 6.83. The highest BCUT2D eigenvalue weighted by molar-refractivity contribution is 7.99. The maximum absolute atomic E-state index is 13.7. The number of hydrogen-bond acceptors (Lipinski definition) is 14. The highest BCUT2D eigenvalue weighted by Crippen LogP contribution is 2.36. The van der Waals surface area contributed by atoms with E-state index in [1.165, 1.54) is 31.6 Å². The fraction of sp³-hybridized carbons (Fsp3) is 0.426. The molecule has 8 rings (SSSR count). The van der Waals surface area contributed by atoms with Crippen molar-refractivity contribution in [2.45, 2.75) is 49.2 Å². The van der Waals surface area contributed by atoms with Crippen molar-refractivity contribution in [3.63, 3.8) is 0 Å². The number of amides is 5. The summed E-state index contributed by atoms with van der Waals surface area (Å²) in [6.07, 6.45) is 7.33. The van der Waals surface area contributed by atoms with Gasteiger partial charge in [0.15, 0.2) is 0 Å². The Bertz CT molecular complexity index is 2520. The SMILES string of the molecule is COc1cc2ncnc(Nc3ccc(F)c(Cl)c3)c2cc1NC(=O)/C=C/CN1CCC(N2CCN(C(=O)COCCOCCSc3cccc4c3CN(C3CCC(=O)NC3=O)C4=O)CC2)CC1. The second kappa shape index (κ2) is 22.4. The van der Waals surface area contributed by atoms with Crippen molar-refractivity contribution < 1.29 is 42.6 Å². The van der Waals surface area contributed by atoms with Gasteiger partial charge in [0.2, 0.25) is 23.6 Å². The van der Waals surface area contributed by atoms with E-state index in [1.54, 1.807) is 40.9 Å². The Kier molecular flexibility index (Phi) is 16.0. The van der Waals surface area contributed by atoms with Crippen molar-refractivity contribution in [1.82, 2.24) is 34.9 Å². The number of piperazine rings is 1. The third kappa shape index (κ3) is 11.9.